The van der Waals surface area contributed by atoms with Crippen molar-refractivity contribution in [3.63, 3.8) is 0 Å². The van der Waals surface area contributed by atoms with E-state index in [9.17, 15) is 0 Å². The first-order chi connectivity index (χ1) is 24.3. The Balaban J connectivity index is 1.20. The standard InChI is InChI=1S/C46H33NOSi/c1-4-17-37(18-5-1)47(42-24-14-16-35-15-10-11-23-41(35)42)38-30-27-34(28-31-38)36-29-32-44-46(33-36)49(39-19-6-2-7-20-39,40-21-8-3-9-22-40)45-26-13-12-25-43(45)48-44/h1-33H. The van der Waals surface area contributed by atoms with Crippen molar-refractivity contribution in [2.75, 3.05) is 4.90 Å². The summed E-state index contributed by atoms with van der Waals surface area (Å²) < 4.78 is 6.68. The maximum atomic E-state index is 6.68. The zero-order valence-corrected chi connectivity index (χ0v) is 27.9. The Kier molecular flexibility index (Phi) is 7.18. The van der Waals surface area contributed by atoms with E-state index in [1.807, 2.05) is 0 Å². The molecule has 0 saturated heterocycles. The molecule has 9 rings (SSSR count). The van der Waals surface area contributed by atoms with Crippen LogP contribution in [0.1, 0.15) is 0 Å². The summed E-state index contributed by atoms with van der Waals surface area (Å²) in [7, 11) is -2.72. The van der Waals surface area contributed by atoms with Gasteiger partial charge >= 0.3 is 0 Å². The van der Waals surface area contributed by atoms with Crippen LogP contribution in [0.15, 0.2) is 200 Å². The van der Waals surface area contributed by atoms with Crippen molar-refractivity contribution in [1.29, 1.82) is 0 Å². The Labute approximate surface area is 288 Å². The van der Waals surface area contributed by atoms with Crippen molar-refractivity contribution in [2.45, 2.75) is 0 Å². The molecule has 232 valence electrons. The van der Waals surface area contributed by atoms with Gasteiger partial charge in [0.15, 0.2) is 8.07 Å². The highest BCUT2D eigenvalue weighted by Gasteiger charge is 2.47. The van der Waals surface area contributed by atoms with Crippen LogP contribution in [0, 0.1) is 0 Å². The molecular formula is C46H33NOSi. The number of ether oxygens (including phenoxy) is 1. The summed E-state index contributed by atoms with van der Waals surface area (Å²) in [6.07, 6.45) is 0. The SMILES string of the molecule is c1ccc(N(c2ccc(-c3ccc4c(c3)[Si](c3ccccc3)(c3ccccc3)c3ccccc3O4)cc2)c2cccc3ccccc23)cc1. The van der Waals surface area contributed by atoms with Crippen LogP contribution in [0.3, 0.4) is 0 Å². The highest BCUT2D eigenvalue weighted by atomic mass is 28.3. The number of hydrogen-bond acceptors (Lipinski definition) is 2. The van der Waals surface area contributed by atoms with Gasteiger partial charge in [0, 0.05) is 16.8 Å². The van der Waals surface area contributed by atoms with E-state index in [2.05, 4.69) is 205 Å². The molecule has 0 aliphatic carbocycles. The fraction of sp³-hybridized carbons (Fsp3) is 0. The Hall–Kier alpha value is -6.16. The minimum absolute atomic E-state index is 0.935. The number of hydrogen-bond donors (Lipinski definition) is 0. The highest BCUT2D eigenvalue weighted by Crippen LogP contribution is 2.40. The van der Waals surface area contributed by atoms with E-state index in [4.69, 9.17) is 4.74 Å². The van der Waals surface area contributed by atoms with E-state index in [1.165, 1.54) is 42.6 Å². The molecular weight excluding hydrogens is 611 g/mol. The molecule has 0 unspecified atom stereocenters. The molecule has 0 radical (unpaired) electrons. The molecule has 0 saturated carbocycles. The van der Waals surface area contributed by atoms with E-state index in [1.54, 1.807) is 0 Å². The van der Waals surface area contributed by atoms with E-state index >= 15 is 0 Å². The number of anilines is 3. The van der Waals surface area contributed by atoms with Crippen LogP contribution >= 0.6 is 0 Å². The van der Waals surface area contributed by atoms with Crippen LogP contribution in [0.4, 0.5) is 17.1 Å². The summed E-state index contributed by atoms with van der Waals surface area (Å²) in [4.78, 5) is 2.35. The molecule has 0 spiro atoms. The number of benzene rings is 8. The monoisotopic (exact) mass is 643 g/mol. The van der Waals surface area contributed by atoms with Crippen LogP contribution in [0.2, 0.25) is 0 Å². The second-order valence-electron chi connectivity index (χ2n) is 12.5. The molecule has 8 aromatic carbocycles. The fourth-order valence-corrected chi connectivity index (χ4v) is 12.6. The molecule has 49 heavy (non-hydrogen) atoms. The van der Waals surface area contributed by atoms with Gasteiger partial charge in [-0.25, -0.2) is 0 Å². The van der Waals surface area contributed by atoms with Crippen molar-refractivity contribution in [1.82, 2.24) is 0 Å². The first kappa shape index (κ1) is 29.0. The number of fused-ring (bicyclic) bond motifs is 3. The van der Waals surface area contributed by atoms with Crippen LogP contribution in [-0.4, -0.2) is 8.07 Å². The average molecular weight is 644 g/mol. The van der Waals surface area contributed by atoms with Gasteiger partial charge in [-0.1, -0.05) is 158 Å². The first-order valence-electron chi connectivity index (χ1n) is 16.8. The van der Waals surface area contributed by atoms with Crippen LogP contribution < -0.4 is 30.4 Å². The second-order valence-corrected chi connectivity index (χ2v) is 16.2. The van der Waals surface area contributed by atoms with Gasteiger partial charge < -0.3 is 9.64 Å². The maximum absolute atomic E-state index is 6.68. The molecule has 2 nitrogen and oxygen atoms in total. The van der Waals surface area contributed by atoms with E-state index in [0.29, 0.717) is 0 Å². The Morgan fingerprint density at radius 1 is 0.388 bits per heavy atom. The molecule has 1 aliphatic heterocycles. The summed E-state index contributed by atoms with van der Waals surface area (Å²) in [5.74, 6) is 1.88. The number of para-hydroxylation sites is 2. The lowest BCUT2D eigenvalue weighted by Gasteiger charge is -2.39. The molecule has 0 amide bonds. The number of rotatable bonds is 6. The van der Waals surface area contributed by atoms with Crippen molar-refractivity contribution in [2.24, 2.45) is 0 Å². The van der Waals surface area contributed by atoms with Gasteiger partial charge in [0.2, 0.25) is 0 Å². The maximum Gasteiger partial charge on any atom is 0.188 e. The summed E-state index contributed by atoms with van der Waals surface area (Å²) in [5, 5.41) is 7.68. The smallest absolute Gasteiger partial charge is 0.188 e. The molecule has 0 N–H and O–H groups in total. The quantitative estimate of drug-likeness (QED) is 0.167. The lowest BCUT2D eigenvalue weighted by molar-refractivity contribution is 0.487. The third-order valence-corrected chi connectivity index (χ3v) is 14.6. The predicted molar refractivity (Wildman–Crippen MR) is 208 cm³/mol. The molecule has 1 heterocycles. The molecule has 1 aliphatic rings. The zero-order chi connectivity index (χ0) is 32.6. The lowest BCUT2D eigenvalue weighted by atomic mass is 10.0. The molecule has 0 aromatic heterocycles. The topological polar surface area (TPSA) is 12.5 Å². The van der Waals surface area contributed by atoms with Crippen molar-refractivity contribution < 1.29 is 4.74 Å². The second kappa shape index (κ2) is 12.1. The Bertz CT molecular complexity index is 2360. The van der Waals surface area contributed by atoms with Gasteiger partial charge in [0.05, 0.1) is 5.69 Å². The van der Waals surface area contributed by atoms with Crippen LogP contribution in [0.5, 0.6) is 11.5 Å². The van der Waals surface area contributed by atoms with Crippen molar-refractivity contribution >= 4 is 56.7 Å². The number of nitrogens with zero attached hydrogens (tertiary/aromatic N) is 1. The summed E-state index contributed by atoms with van der Waals surface area (Å²) in [5.41, 5.74) is 5.73. The third-order valence-electron chi connectivity index (χ3n) is 9.79. The van der Waals surface area contributed by atoms with E-state index in [0.717, 1.165) is 28.6 Å². The normalized spacial score (nSPS) is 12.8. The minimum Gasteiger partial charge on any atom is -0.458 e. The highest BCUT2D eigenvalue weighted by molar-refractivity contribution is 7.20. The Morgan fingerprint density at radius 3 is 1.67 bits per heavy atom. The van der Waals surface area contributed by atoms with Crippen LogP contribution in [0.25, 0.3) is 21.9 Å². The van der Waals surface area contributed by atoms with Crippen molar-refractivity contribution in [3.05, 3.63) is 200 Å². The minimum atomic E-state index is -2.72. The van der Waals surface area contributed by atoms with Gasteiger partial charge in [-0.15, -0.1) is 0 Å². The average Bonchev–Trinajstić information content (AvgIpc) is 3.18. The molecule has 3 heteroatoms. The van der Waals surface area contributed by atoms with E-state index in [-0.39, 0.29) is 0 Å². The van der Waals surface area contributed by atoms with Crippen LogP contribution in [-0.2, 0) is 0 Å². The van der Waals surface area contributed by atoms with Gasteiger partial charge in [0.1, 0.15) is 11.5 Å². The predicted octanol–water partition coefficient (Wildman–Crippen LogP) is 9.46. The van der Waals surface area contributed by atoms with Crippen molar-refractivity contribution in [3.8, 4) is 22.6 Å². The largest absolute Gasteiger partial charge is 0.458 e. The third kappa shape index (κ3) is 4.86. The summed E-state index contributed by atoms with van der Waals surface area (Å²) in [6, 6.07) is 72.3. The molecule has 0 bridgehead atoms. The molecule has 0 atom stereocenters. The van der Waals surface area contributed by atoms with Gasteiger partial charge in [0.25, 0.3) is 0 Å². The van der Waals surface area contributed by atoms with E-state index < -0.39 is 8.07 Å². The summed E-state index contributed by atoms with van der Waals surface area (Å²) in [6.45, 7) is 0. The van der Waals surface area contributed by atoms with Gasteiger partial charge in [-0.3, -0.25) is 0 Å². The zero-order valence-electron chi connectivity index (χ0n) is 26.9. The fourth-order valence-electron chi connectivity index (χ4n) is 7.60. The molecule has 0 fully saturated rings. The first-order valence-corrected chi connectivity index (χ1v) is 18.8. The Morgan fingerprint density at radius 2 is 0.939 bits per heavy atom. The van der Waals surface area contributed by atoms with Gasteiger partial charge in [-0.05, 0) is 79.7 Å². The lowest BCUT2D eigenvalue weighted by Crippen LogP contribution is -2.76. The molecule has 8 aromatic rings. The van der Waals surface area contributed by atoms with Gasteiger partial charge in [-0.2, -0.15) is 0 Å². The summed E-state index contributed by atoms with van der Waals surface area (Å²) >= 11 is 0.